The fourth-order valence-corrected chi connectivity index (χ4v) is 1.48. The number of hydrogen-bond acceptors (Lipinski definition) is 4. The maximum atomic E-state index is 11.3. The molecule has 1 aromatic rings. The highest BCUT2D eigenvalue weighted by Gasteiger charge is 2.07. The Morgan fingerprint density at radius 3 is 2.61 bits per heavy atom. The molecule has 0 heterocycles. The molecule has 0 saturated heterocycles. The minimum absolute atomic E-state index is 0.0186. The molecule has 1 rings (SSSR count). The Morgan fingerprint density at radius 1 is 1.28 bits per heavy atom. The number of aryl methyl sites for hydroxylation is 1. The average Bonchev–Trinajstić information content (AvgIpc) is 2.42. The lowest BCUT2D eigenvalue weighted by Gasteiger charge is -2.09. The first kappa shape index (κ1) is 13.9. The number of hydrogen-bond donors (Lipinski definition) is 0. The number of esters is 1. The molecule has 0 atom stereocenters. The first-order valence-electron chi connectivity index (χ1n) is 5.51. The van der Waals surface area contributed by atoms with Crippen LogP contribution >= 0.6 is 0 Å². The topological polar surface area (TPSA) is 44.8 Å². The molecule has 0 saturated carbocycles. The lowest BCUT2D eigenvalue weighted by molar-refractivity contribution is -0.142. The number of benzene rings is 1. The summed E-state index contributed by atoms with van der Waals surface area (Å²) in [5.41, 5.74) is 0.977. The second-order valence-electron chi connectivity index (χ2n) is 3.55. The van der Waals surface area contributed by atoms with Crippen LogP contribution in [0, 0.1) is 12.3 Å². The van der Waals surface area contributed by atoms with Gasteiger partial charge in [-0.1, -0.05) is 12.0 Å². The third-order valence-corrected chi connectivity index (χ3v) is 2.38. The second kappa shape index (κ2) is 7.23. The first-order chi connectivity index (χ1) is 8.71. The van der Waals surface area contributed by atoms with E-state index in [9.17, 15) is 4.79 Å². The van der Waals surface area contributed by atoms with E-state index in [1.54, 1.807) is 20.3 Å². The zero-order valence-electron chi connectivity index (χ0n) is 10.6. The van der Waals surface area contributed by atoms with Crippen molar-refractivity contribution in [1.82, 2.24) is 0 Å². The maximum Gasteiger partial charge on any atom is 0.307 e. The predicted octanol–water partition coefficient (Wildman–Crippen LogP) is 1.81. The third-order valence-electron chi connectivity index (χ3n) is 2.38. The van der Waals surface area contributed by atoms with Gasteiger partial charge < -0.3 is 14.2 Å². The van der Waals surface area contributed by atoms with Crippen molar-refractivity contribution in [2.24, 2.45) is 0 Å². The third kappa shape index (κ3) is 4.02. The van der Waals surface area contributed by atoms with Gasteiger partial charge in [-0.3, -0.25) is 4.79 Å². The monoisotopic (exact) mass is 248 g/mol. The van der Waals surface area contributed by atoms with Gasteiger partial charge in [0.25, 0.3) is 0 Å². The van der Waals surface area contributed by atoms with Crippen molar-refractivity contribution >= 4 is 5.97 Å². The van der Waals surface area contributed by atoms with Gasteiger partial charge in [0.15, 0.2) is 18.1 Å². The van der Waals surface area contributed by atoms with E-state index in [1.807, 2.05) is 12.1 Å². The molecule has 0 spiro atoms. The predicted molar refractivity (Wildman–Crippen MR) is 67.7 cm³/mol. The maximum absolute atomic E-state index is 11.3. The van der Waals surface area contributed by atoms with E-state index in [0.717, 1.165) is 5.56 Å². The summed E-state index contributed by atoms with van der Waals surface area (Å²) in [6, 6.07) is 5.53. The average molecular weight is 248 g/mol. The van der Waals surface area contributed by atoms with E-state index in [0.29, 0.717) is 17.9 Å². The smallest absolute Gasteiger partial charge is 0.307 e. The molecule has 0 fully saturated rings. The Morgan fingerprint density at radius 2 is 2.00 bits per heavy atom. The van der Waals surface area contributed by atoms with Gasteiger partial charge in [0.05, 0.1) is 14.2 Å². The highest BCUT2D eigenvalue weighted by atomic mass is 16.5. The molecule has 4 nitrogen and oxygen atoms in total. The molecule has 0 aromatic heterocycles. The van der Waals surface area contributed by atoms with Crippen LogP contribution in [0.4, 0.5) is 0 Å². The summed E-state index contributed by atoms with van der Waals surface area (Å²) in [6.45, 7) is 0.0186. The van der Waals surface area contributed by atoms with Gasteiger partial charge in [0.1, 0.15) is 0 Å². The number of terminal acetylenes is 1. The van der Waals surface area contributed by atoms with Crippen LogP contribution in [-0.4, -0.2) is 26.8 Å². The molecule has 4 heteroatoms. The van der Waals surface area contributed by atoms with E-state index in [4.69, 9.17) is 20.6 Å². The molecule has 96 valence electrons. The summed E-state index contributed by atoms with van der Waals surface area (Å²) in [5.74, 6) is 3.26. The van der Waals surface area contributed by atoms with Crippen molar-refractivity contribution in [2.75, 3.05) is 20.8 Å². The molecular weight excluding hydrogens is 232 g/mol. The normalized spacial score (nSPS) is 9.39. The largest absolute Gasteiger partial charge is 0.493 e. The van der Waals surface area contributed by atoms with Crippen molar-refractivity contribution in [1.29, 1.82) is 0 Å². The first-order valence-corrected chi connectivity index (χ1v) is 5.51. The number of methoxy groups -OCH3 is 2. The lowest BCUT2D eigenvalue weighted by Crippen LogP contribution is -2.06. The lowest BCUT2D eigenvalue weighted by atomic mass is 10.1. The van der Waals surface area contributed by atoms with Crippen LogP contribution in [0.2, 0.25) is 0 Å². The van der Waals surface area contributed by atoms with Crippen LogP contribution in [0.3, 0.4) is 0 Å². The summed E-state index contributed by atoms with van der Waals surface area (Å²) < 4.78 is 15.1. The molecule has 0 amide bonds. The summed E-state index contributed by atoms with van der Waals surface area (Å²) in [7, 11) is 3.15. The van der Waals surface area contributed by atoms with E-state index < -0.39 is 0 Å². The van der Waals surface area contributed by atoms with Crippen molar-refractivity contribution < 1.29 is 19.0 Å². The van der Waals surface area contributed by atoms with Crippen LogP contribution in [0.25, 0.3) is 0 Å². The van der Waals surface area contributed by atoms with Gasteiger partial charge in [-0.25, -0.2) is 0 Å². The van der Waals surface area contributed by atoms with Gasteiger partial charge in [0, 0.05) is 6.42 Å². The fraction of sp³-hybridized carbons (Fsp3) is 0.357. The molecule has 18 heavy (non-hydrogen) atoms. The summed E-state index contributed by atoms with van der Waals surface area (Å²) in [4.78, 5) is 11.3. The number of rotatable bonds is 6. The molecule has 0 aliphatic rings. The summed E-state index contributed by atoms with van der Waals surface area (Å²) in [5, 5.41) is 0. The quantitative estimate of drug-likeness (QED) is 0.569. The Hall–Kier alpha value is -2.15. The summed E-state index contributed by atoms with van der Waals surface area (Å²) in [6.07, 6.45) is 5.86. The second-order valence-corrected chi connectivity index (χ2v) is 3.55. The zero-order chi connectivity index (χ0) is 13.4. The Balaban J connectivity index is 2.58. The van der Waals surface area contributed by atoms with Crippen LogP contribution in [-0.2, 0) is 16.0 Å². The van der Waals surface area contributed by atoms with Crippen molar-refractivity contribution in [3.8, 4) is 23.8 Å². The molecule has 0 radical (unpaired) electrons. The Labute approximate surface area is 107 Å². The highest BCUT2D eigenvalue weighted by Crippen LogP contribution is 2.27. The highest BCUT2D eigenvalue weighted by molar-refractivity contribution is 5.70. The minimum Gasteiger partial charge on any atom is -0.493 e. The fourth-order valence-electron chi connectivity index (χ4n) is 1.48. The minimum atomic E-state index is -0.303. The summed E-state index contributed by atoms with van der Waals surface area (Å²) >= 11 is 0. The zero-order valence-corrected chi connectivity index (χ0v) is 10.6. The van der Waals surface area contributed by atoms with E-state index >= 15 is 0 Å². The van der Waals surface area contributed by atoms with Gasteiger partial charge >= 0.3 is 5.97 Å². The standard InChI is InChI=1S/C14H16O4/c1-4-9-18-14(15)8-6-11-5-7-12(16-2)13(10-11)17-3/h1,5,7,10H,6,8-9H2,2-3H3. The van der Waals surface area contributed by atoms with Crippen molar-refractivity contribution in [3.63, 3.8) is 0 Å². The number of ether oxygens (including phenoxy) is 3. The van der Waals surface area contributed by atoms with E-state index in [2.05, 4.69) is 5.92 Å². The molecule has 0 aliphatic carbocycles. The van der Waals surface area contributed by atoms with Crippen LogP contribution in [0.15, 0.2) is 18.2 Å². The molecule has 0 unspecified atom stereocenters. The van der Waals surface area contributed by atoms with Crippen molar-refractivity contribution in [3.05, 3.63) is 23.8 Å². The Bertz CT molecular complexity index is 446. The van der Waals surface area contributed by atoms with Crippen LogP contribution in [0.1, 0.15) is 12.0 Å². The molecular formula is C14H16O4. The molecule has 0 bridgehead atoms. The van der Waals surface area contributed by atoms with Gasteiger partial charge in [-0.15, -0.1) is 6.42 Å². The van der Waals surface area contributed by atoms with Crippen molar-refractivity contribution in [2.45, 2.75) is 12.8 Å². The molecule has 0 aliphatic heterocycles. The molecule has 1 aromatic carbocycles. The number of carbonyl (C=O) groups excluding carboxylic acids is 1. The van der Waals surface area contributed by atoms with Gasteiger partial charge in [0.2, 0.25) is 0 Å². The van der Waals surface area contributed by atoms with Crippen LogP contribution in [0.5, 0.6) is 11.5 Å². The van der Waals surface area contributed by atoms with E-state index in [1.165, 1.54) is 0 Å². The molecule has 0 N–H and O–H groups in total. The van der Waals surface area contributed by atoms with Gasteiger partial charge in [-0.05, 0) is 24.1 Å². The van der Waals surface area contributed by atoms with Crippen LogP contribution < -0.4 is 9.47 Å². The SMILES string of the molecule is C#CCOC(=O)CCc1ccc(OC)c(OC)c1. The number of carbonyl (C=O) groups is 1. The van der Waals surface area contributed by atoms with E-state index in [-0.39, 0.29) is 19.0 Å². The van der Waals surface area contributed by atoms with Gasteiger partial charge in [-0.2, -0.15) is 0 Å². The Kier molecular flexibility index (Phi) is 5.59.